The number of carbonyl (C=O) groups excluding carboxylic acids is 1. The third-order valence-electron chi connectivity index (χ3n) is 5.31. The summed E-state index contributed by atoms with van der Waals surface area (Å²) in [5.41, 5.74) is 2.69. The van der Waals surface area contributed by atoms with Gasteiger partial charge in [-0.1, -0.05) is 59.2 Å². The van der Waals surface area contributed by atoms with Crippen molar-refractivity contribution in [1.29, 1.82) is 0 Å². The fraction of sp³-hybridized carbons (Fsp3) is 0.0417. The Hall–Kier alpha value is -2.71. The highest BCUT2D eigenvalue weighted by Crippen LogP contribution is 2.41. The molecule has 5 nitrogen and oxygen atoms in total. The third-order valence-corrected chi connectivity index (χ3v) is 8.75. The number of nitrogens with one attached hydrogen (secondary N) is 2. The Labute approximate surface area is 204 Å². The number of rotatable bonds is 4. The molecule has 1 amide bonds. The minimum Gasteiger partial charge on any atom is -0.361 e. The van der Waals surface area contributed by atoms with Crippen LogP contribution in [-0.2, 0) is 20.4 Å². The lowest BCUT2D eigenvalue weighted by atomic mass is 10.1. The Kier molecular flexibility index (Phi) is 5.74. The van der Waals surface area contributed by atoms with Crippen LogP contribution in [0.4, 0.5) is 5.69 Å². The minimum absolute atomic E-state index is 0.0854. The molecule has 0 aliphatic carbocycles. The summed E-state index contributed by atoms with van der Waals surface area (Å²) in [6, 6.07) is 17.4. The van der Waals surface area contributed by atoms with Crippen LogP contribution in [0.3, 0.4) is 0 Å². The van der Waals surface area contributed by atoms with E-state index in [1.54, 1.807) is 24.3 Å². The van der Waals surface area contributed by atoms with Crippen molar-refractivity contribution in [3.63, 3.8) is 0 Å². The number of carbonyl (C=O) groups is 1. The van der Waals surface area contributed by atoms with Crippen LogP contribution in [0, 0.1) is 0 Å². The molecule has 1 aliphatic rings. The number of anilines is 1. The maximum absolute atomic E-state index is 13.0. The molecule has 0 radical (unpaired) electrons. The first-order valence-electron chi connectivity index (χ1n) is 9.88. The topological polar surface area (TPSA) is 79.0 Å². The van der Waals surface area contributed by atoms with E-state index in [1.165, 1.54) is 23.9 Å². The molecule has 1 aromatic heterocycles. The minimum atomic E-state index is -3.74. The Morgan fingerprint density at radius 1 is 0.970 bits per heavy atom. The highest BCUT2D eigenvalue weighted by Gasteiger charge is 2.25. The molecular formula is C24H16Cl2N2O3S2. The Morgan fingerprint density at radius 3 is 2.52 bits per heavy atom. The number of aromatic nitrogens is 1. The van der Waals surface area contributed by atoms with Gasteiger partial charge in [0.05, 0.1) is 21.2 Å². The van der Waals surface area contributed by atoms with E-state index in [4.69, 9.17) is 23.2 Å². The molecule has 166 valence electrons. The summed E-state index contributed by atoms with van der Waals surface area (Å²) in [6.07, 6.45) is 3.68. The second-order valence-corrected chi connectivity index (χ2v) is 11.4. The molecule has 9 heteroatoms. The summed E-state index contributed by atoms with van der Waals surface area (Å²) in [4.78, 5) is 17.3. The number of sulfone groups is 1. The van der Waals surface area contributed by atoms with Gasteiger partial charge >= 0.3 is 0 Å². The van der Waals surface area contributed by atoms with Gasteiger partial charge < -0.3 is 10.3 Å². The predicted octanol–water partition coefficient (Wildman–Crippen LogP) is 6.53. The van der Waals surface area contributed by atoms with Gasteiger partial charge in [-0.15, -0.1) is 0 Å². The number of aromatic amines is 1. The van der Waals surface area contributed by atoms with Gasteiger partial charge in [-0.2, -0.15) is 0 Å². The fourth-order valence-corrected chi connectivity index (χ4v) is 6.67. The number of amides is 1. The molecule has 3 aromatic carbocycles. The normalized spacial score (nSPS) is 15.0. The number of halogens is 2. The van der Waals surface area contributed by atoms with Gasteiger partial charge in [0.2, 0.25) is 0 Å². The van der Waals surface area contributed by atoms with Gasteiger partial charge in [0.1, 0.15) is 0 Å². The van der Waals surface area contributed by atoms with Gasteiger partial charge in [-0.3, -0.25) is 4.79 Å². The van der Waals surface area contributed by atoms with Crippen LogP contribution in [0.2, 0.25) is 10.0 Å². The lowest BCUT2D eigenvalue weighted by Gasteiger charge is -2.19. The van der Waals surface area contributed by atoms with Crippen molar-refractivity contribution in [2.45, 2.75) is 15.5 Å². The zero-order valence-electron chi connectivity index (χ0n) is 16.9. The molecule has 2 heterocycles. The van der Waals surface area contributed by atoms with E-state index in [2.05, 4.69) is 10.3 Å². The molecule has 0 saturated carbocycles. The number of fused-ring (bicyclic) bond motifs is 2. The number of H-pyrrole nitrogens is 1. The van der Waals surface area contributed by atoms with E-state index in [9.17, 15) is 13.2 Å². The van der Waals surface area contributed by atoms with Crippen molar-refractivity contribution in [2.75, 3.05) is 5.32 Å². The van der Waals surface area contributed by atoms with Crippen molar-refractivity contribution in [3.05, 3.63) is 92.9 Å². The molecule has 5 rings (SSSR count). The molecule has 0 saturated heterocycles. The molecule has 33 heavy (non-hydrogen) atoms. The standard InChI is InChI=1S/C24H16Cl2N2O3S2/c25-18-5-3-6-19(26)17(18)13-33(30,31)15-8-9-22-21(11-15)28-24(29)23(32-22)10-14-12-27-20-7-2-1-4-16(14)20/h1-12,27H,13H2,(H,28,29)/b23-10+. The highest BCUT2D eigenvalue weighted by molar-refractivity contribution is 8.04. The monoisotopic (exact) mass is 514 g/mol. The van der Waals surface area contributed by atoms with Crippen molar-refractivity contribution in [1.82, 2.24) is 4.98 Å². The molecule has 2 N–H and O–H groups in total. The van der Waals surface area contributed by atoms with E-state index >= 15 is 0 Å². The Balaban J connectivity index is 1.45. The summed E-state index contributed by atoms with van der Waals surface area (Å²) in [7, 11) is -3.74. The average Bonchev–Trinajstić information content (AvgIpc) is 3.19. The van der Waals surface area contributed by atoms with Gasteiger partial charge in [0.15, 0.2) is 9.84 Å². The van der Waals surface area contributed by atoms with Gasteiger partial charge in [0.25, 0.3) is 5.91 Å². The first-order chi connectivity index (χ1) is 15.8. The Bertz CT molecular complexity index is 1540. The first kappa shape index (κ1) is 22.1. The molecule has 0 unspecified atom stereocenters. The van der Waals surface area contributed by atoms with Crippen LogP contribution in [-0.4, -0.2) is 19.3 Å². The molecule has 0 fully saturated rings. The second-order valence-electron chi connectivity index (χ2n) is 7.47. The van der Waals surface area contributed by atoms with E-state index in [0.717, 1.165) is 21.4 Å². The van der Waals surface area contributed by atoms with E-state index in [0.29, 0.717) is 26.2 Å². The van der Waals surface area contributed by atoms with E-state index < -0.39 is 9.84 Å². The van der Waals surface area contributed by atoms with Gasteiger partial charge in [0, 0.05) is 43.2 Å². The first-order valence-corrected chi connectivity index (χ1v) is 13.1. The molecule has 0 atom stereocenters. The molecular weight excluding hydrogens is 499 g/mol. The summed E-state index contributed by atoms with van der Waals surface area (Å²) in [6.45, 7) is 0. The molecule has 0 bridgehead atoms. The second kappa shape index (κ2) is 8.57. The average molecular weight is 515 g/mol. The Morgan fingerprint density at radius 2 is 1.73 bits per heavy atom. The zero-order chi connectivity index (χ0) is 23.2. The number of para-hydroxylation sites is 1. The molecule has 0 spiro atoms. The smallest absolute Gasteiger partial charge is 0.262 e. The van der Waals surface area contributed by atoms with Crippen molar-refractivity contribution >= 4 is 73.4 Å². The van der Waals surface area contributed by atoms with E-state index in [-0.39, 0.29) is 16.6 Å². The van der Waals surface area contributed by atoms with Crippen LogP contribution in [0.25, 0.3) is 17.0 Å². The summed E-state index contributed by atoms with van der Waals surface area (Å²) >= 11 is 13.6. The van der Waals surface area contributed by atoms with Crippen LogP contribution >= 0.6 is 35.0 Å². The van der Waals surface area contributed by atoms with Crippen molar-refractivity contribution in [2.24, 2.45) is 0 Å². The number of hydrogen-bond donors (Lipinski definition) is 2. The fourth-order valence-electron chi connectivity index (χ4n) is 3.63. The third kappa shape index (κ3) is 4.29. The van der Waals surface area contributed by atoms with Gasteiger partial charge in [-0.25, -0.2) is 8.42 Å². The number of hydrogen-bond acceptors (Lipinski definition) is 4. The zero-order valence-corrected chi connectivity index (χ0v) is 20.1. The van der Waals surface area contributed by atoms with Crippen molar-refractivity contribution in [3.8, 4) is 0 Å². The number of benzene rings is 3. The quantitative estimate of drug-likeness (QED) is 0.303. The lowest BCUT2D eigenvalue weighted by Crippen LogP contribution is -2.18. The predicted molar refractivity (Wildman–Crippen MR) is 135 cm³/mol. The lowest BCUT2D eigenvalue weighted by molar-refractivity contribution is -0.112. The van der Waals surface area contributed by atoms with Crippen LogP contribution in [0.15, 0.2) is 81.6 Å². The van der Waals surface area contributed by atoms with Crippen LogP contribution in [0.5, 0.6) is 0 Å². The maximum Gasteiger partial charge on any atom is 0.262 e. The summed E-state index contributed by atoms with van der Waals surface area (Å²) in [5, 5.41) is 4.42. The SMILES string of the molecule is O=C1Nc2cc(S(=O)(=O)Cc3c(Cl)cccc3Cl)ccc2S/C1=C/c1c[nH]c2ccccc12. The number of thioether (sulfide) groups is 1. The largest absolute Gasteiger partial charge is 0.361 e. The van der Waals surface area contributed by atoms with Crippen LogP contribution < -0.4 is 5.32 Å². The highest BCUT2D eigenvalue weighted by atomic mass is 35.5. The summed E-state index contributed by atoms with van der Waals surface area (Å²) < 4.78 is 26.0. The van der Waals surface area contributed by atoms with Crippen LogP contribution in [0.1, 0.15) is 11.1 Å². The van der Waals surface area contributed by atoms with Gasteiger partial charge in [-0.05, 0) is 42.5 Å². The molecule has 1 aliphatic heterocycles. The summed E-state index contributed by atoms with van der Waals surface area (Å²) in [5.74, 6) is -0.627. The maximum atomic E-state index is 13.0. The molecule has 4 aromatic rings. The van der Waals surface area contributed by atoms with Crippen molar-refractivity contribution < 1.29 is 13.2 Å². The van der Waals surface area contributed by atoms with E-state index in [1.807, 2.05) is 36.5 Å².